The summed E-state index contributed by atoms with van der Waals surface area (Å²) in [5.74, 6) is -8.81. The first-order valence-electron chi connectivity index (χ1n) is 11.2. The molecule has 1 fully saturated rings. The fourth-order valence-electron chi connectivity index (χ4n) is 4.14. The third-order valence-corrected chi connectivity index (χ3v) is 6.38. The van der Waals surface area contributed by atoms with Crippen molar-refractivity contribution in [1.29, 1.82) is 0 Å². The Morgan fingerprint density at radius 2 is 1.83 bits per heavy atom. The molecule has 0 radical (unpaired) electrons. The number of hydrogen-bond acceptors (Lipinski definition) is 4. The van der Waals surface area contributed by atoms with Gasteiger partial charge in [-0.3, -0.25) is 14.5 Å². The van der Waals surface area contributed by atoms with Gasteiger partial charge in [-0.25, -0.2) is 18.2 Å². The number of piperidine rings is 1. The number of H-pyrrole nitrogens is 1. The predicted octanol–water partition coefficient (Wildman–Crippen LogP) is 4.50. The third-order valence-electron chi connectivity index (χ3n) is 6.38. The van der Waals surface area contributed by atoms with Crippen LogP contribution in [0.5, 0.6) is 0 Å². The molecule has 0 unspecified atom stereocenters. The second-order valence-electron chi connectivity index (χ2n) is 8.72. The number of hydrogen-bond donors (Lipinski definition) is 2. The van der Waals surface area contributed by atoms with Crippen LogP contribution in [0.2, 0.25) is 0 Å². The van der Waals surface area contributed by atoms with E-state index in [4.69, 9.17) is 0 Å². The Hall–Kier alpha value is -3.60. The van der Waals surface area contributed by atoms with Gasteiger partial charge in [0.2, 0.25) is 11.5 Å². The van der Waals surface area contributed by atoms with E-state index in [0.29, 0.717) is 0 Å². The van der Waals surface area contributed by atoms with Gasteiger partial charge < -0.3 is 10.3 Å². The van der Waals surface area contributed by atoms with Crippen molar-refractivity contribution < 1.29 is 26.7 Å². The van der Waals surface area contributed by atoms with Gasteiger partial charge in [0.1, 0.15) is 11.6 Å². The van der Waals surface area contributed by atoms with Crippen LogP contribution in [0.15, 0.2) is 65.7 Å². The summed E-state index contributed by atoms with van der Waals surface area (Å²) >= 11 is 0. The molecule has 3 aromatic rings. The molecule has 4 rings (SSSR count). The van der Waals surface area contributed by atoms with E-state index in [1.54, 1.807) is 11.8 Å². The molecular formula is C25H23F5N4O2. The number of likely N-dealkylation sites (tertiary alicyclic amines) is 1. The van der Waals surface area contributed by atoms with Crippen LogP contribution in [0.1, 0.15) is 36.0 Å². The van der Waals surface area contributed by atoms with Crippen LogP contribution in [0.3, 0.4) is 0 Å². The van der Waals surface area contributed by atoms with Crippen molar-refractivity contribution in [2.45, 2.75) is 37.1 Å². The van der Waals surface area contributed by atoms with Crippen LogP contribution < -0.4 is 10.9 Å². The number of alkyl halides is 4. The Labute approximate surface area is 203 Å². The maximum absolute atomic E-state index is 14.7. The molecule has 3 heterocycles. The summed E-state index contributed by atoms with van der Waals surface area (Å²) in [4.78, 5) is 32.0. The molecule has 1 amide bonds. The second-order valence-corrected chi connectivity index (χ2v) is 8.72. The van der Waals surface area contributed by atoms with E-state index in [0.717, 1.165) is 36.5 Å². The molecule has 1 saturated heterocycles. The number of aromatic amines is 1. The maximum atomic E-state index is 14.7. The molecule has 1 aliphatic heterocycles. The van der Waals surface area contributed by atoms with Crippen LogP contribution in [-0.2, 0) is 10.7 Å². The average molecular weight is 506 g/mol. The number of pyridine rings is 2. The zero-order chi connectivity index (χ0) is 26.1. The minimum Gasteiger partial charge on any atom is -0.329 e. The summed E-state index contributed by atoms with van der Waals surface area (Å²) in [5.41, 5.74) is -0.995. The zero-order valence-corrected chi connectivity index (χ0v) is 19.2. The molecule has 0 spiro atoms. The standard InChI is InChI=1S/C25H23F5N4O2/c1-15(34-11-10-24(27,28)20(14-34)16-2-9-22(35)32-12-16)23(36)33-21-8-5-18(13-31-21)25(29,30)17-3-6-19(26)7-4-17/h2-9,12-13,15,20H,10-11,14H2,1H3,(H,32,35)(H,31,33,36)/t15-,20+/m0/s1. The fraction of sp³-hybridized carbons (Fsp3) is 0.320. The molecule has 0 bridgehead atoms. The molecule has 11 heteroatoms. The van der Waals surface area contributed by atoms with Crippen molar-refractivity contribution in [3.8, 4) is 0 Å². The van der Waals surface area contributed by atoms with Crippen LogP contribution in [0.25, 0.3) is 0 Å². The predicted molar refractivity (Wildman–Crippen MR) is 123 cm³/mol. The first-order valence-corrected chi connectivity index (χ1v) is 11.2. The number of amides is 1. The Morgan fingerprint density at radius 1 is 1.14 bits per heavy atom. The van der Waals surface area contributed by atoms with Crippen molar-refractivity contribution in [1.82, 2.24) is 14.9 Å². The quantitative estimate of drug-likeness (QED) is 0.483. The monoisotopic (exact) mass is 506 g/mol. The molecule has 6 nitrogen and oxygen atoms in total. The summed E-state index contributed by atoms with van der Waals surface area (Å²) in [6.45, 7) is 1.40. The van der Waals surface area contributed by atoms with Gasteiger partial charge in [0, 0.05) is 49.1 Å². The molecule has 36 heavy (non-hydrogen) atoms. The van der Waals surface area contributed by atoms with E-state index in [-0.39, 0.29) is 24.5 Å². The van der Waals surface area contributed by atoms with Gasteiger partial charge in [-0.15, -0.1) is 0 Å². The summed E-state index contributed by atoms with van der Waals surface area (Å²) in [6.07, 6.45) is 1.69. The topological polar surface area (TPSA) is 78.1 Å². The lowest BCUT2D eigenvalue weighted by Crippen LogP contribution is -2.52. The highest BCUT2D eigenvalue weighted by atomic mass is 19.3. The maximum Gasteiger partial charge on any atom is 0.299 e. The van der Waals surface area contributed by atoms with E-state index in [1.165, 1.54) is 24.4 Å². The van der Waals surface area contributed by atoms with Crippen molar-refractivity contribution in [2.24, 2.45) is 0 Å². The van der Waals surface area contributed by atoms with E-state index >= 15 is 0 Å². The van der Waals surface area contributed by atoms with Gasteiger partial charge in [-0.05, 0) is 48.9 Å². The van der Waals surface area contributed by atoms with Gasteiger partial charge >= 0.3 is 0 Å². The number of nitrogens with zero attached hydrogens (tertiary/aromatic N) is 2. The van der Waals surface area contributed by atoms with Crippen LogP contribution in [-0.4, -0.2) is 45.8 Å². The molecule has 2 atom stereocenters. The third kappa shape index (κ3) is 5.30. The molecule has 0 aliphatic carbocycles. The number of anilines is 1. The van der Waals surface area contributed by atoms with Crippen molar-refractivity contribution in [3.05, 3.63) is 93.8 Å². The summed E-state index contributed by atoms with van der Waals surface area (Å²) in [5, 5.41) is 2.53. The number of carbonyl (C=O) groups is 1. The molecule has 1 aliphatic rings. The van der Waals surface area contributed by atoms with Gasteiger partial charge in [0.05, 0.1) is 12.0 Å². The lowest BCUT2D eigenvalue weighted by Gasteiger charge is -2.40. The normalized spacial score (nSPS) is 19.0. The van der Waals surface area contributed by atoms with Crippen LogP contribution in [0, 0.1) is 5.82 Å². The lowest BCUT2D eigenvalue weighted by atomic mass is 9.87. The average Bonchev–Trinajstić information content (AvgIpc) is 2.85. The van der Waals surface area contributed by atoms with Gasteiger partial charge in [-0.1, -0.05) is 6.07 Å². The minimum absolute atomic E-state index is 0.0185. The van der Waals surface area contributed by atoms with Crippen molar-refractivity contribution in [2.75, 3.05) is 18.4 Å². The number of nitrogens with one attached hydrogen (secondary N) is 2. The molecule has 0 saturated carbocycles. The first kappa shape index (κ1) is 25.5. The second kappa shape index (κ2) is 9.81. The van der Waals surface area contributed by atoms with Gasteiger partial charge in [0.15, 0.2) is 0 Å². The molecular weight excluding hydrogens is 483 g/mol. The molecule has 2 aromatic heterocycles. The summed E-state index contributed by atoms with van der Waals surface area (Å²) < 4.78 is 71.7. The first-order chi connectivity index (χ1) is 17.0. The van der Waals surface area contributed by atoms with Crippen LogP contribution >= 0.6 is 0 Å². The Balaban J connectivity index is 1.43. The van der Waals surface area contributed by atoms with Gasteiger partial charge in [0.25, 0.3) is 11.8 Å². The SMILES string of the molecule is C[C@@H](C(=O)Nc1ccc(C(F)(F)c2ccc(F)cc2)cn1)N1CCC(F)(F)[C@@H](c2ccc(=O)[nH]c2)C1. The number of halogens is 5. The number of carbonyl (C=O) groups excluding carboxylic acids is 1. The summed E-state index contributed by atoms with van der Waals surface area (Å²) in [6, 6.07) is 7.86. The van der Waals surface area contributed by atoms with E-state index in [1.807, 2.05) is 0 Å². The smallest absolute Gasteiger partial charge is 0.299 e. The van der Waals surface area contributed by atoms with Gasteiger partial charge in [-0.2, -0.15) is 8.78 Å². The highest BCUT2D eigenvalue weighted by Crippen LogP contribution is 2.40. The van der Waals surface area contributed by atoms with E-state index in [2.05, 4.69) is 15.3 Å². The lowest BCUT2D eigenvalue weighted by molar-refractivity contribution is -0.125. The highest BCUT2D eigenvalue weighted by molar-refractivity contribution is 5.93. The zero-order valence-electron chi connectivity index (χ0n) is 19.2. The Kier molecular flexibility index (Phi) is 6.94. The number of aromatic nitrogens is 2. The molecule has 1 aromatic carbocycles. The fourth-order valence-corrected chi connectivity index (χ4v) is 4.14. The van der Waals surface area contributed by atoms with Crippen molar-refractivity contribution >= 4 is 11.7 Å². The Morgan fingerprint density at radius 3 is 2.44 bits per heavy atom. The van der Waals surface area contributed by atoms with Crippen LogP contribution in [0.4, 0.5) is 27.8 Å². The van der Waals surface area contributed by atoms with E-state index < -0.39 is 58.6 Å². The number of rotatable bonds is 6. The largest absolute Gasteiger partial charge is 0.329 e. The summed E-state index contributed by atoms with van der Waals surface area (Å²) in [7, 11) is 0. The molecule has 2 N–H and O–H groups in total. The van der Waals surface area contributed by atoms with Crippen molar-refractivity contribution in [3.63, 3.8) is 0 Å². The van der Waals surface area contributed by atoms with E-state index in [9.17, 15) is 31.5 Å². The number of benzene rings is 1. The Bertz CT molecular complexity index is 1260. The highest BCUT2D eigenvalue weighted by Gasteiger charge is 2.46. The molecule has 190 valence electrons. The minimum atomic E-state index is -3.42.